The number of halogens is 2. The molecule has 4 rings (SSSR count). The summed E-state index contributed by atoms with van der Waals surface area (Å²) >= 11 is 9.88. The lowest BCUT2D eigenvalue weighted by molar-refractivity contribution is 0.506. The summed E-state index contributed by atoms with van der Waals surface area (Å²) in [5, 5.41) is 1.83. The van der Waals surface area contributed by atoms with Crippen molar-refractivity contribution in [2.75, 3.05) is 29.4 Å². The van der Waals surface area contributed by atoms with Gasteiger partial charge < -0.3 is 20.5 Å². The fraction of sp³-hybridized carbons (Fsp3) is 0.353. The van der Waals surface area contributed by atoms with Gasteiger partial charge in [0.25, 0.3) is 0 Å². The van der Waals surface area contributed by atoms with Gasteiger partial charge in [0.15, 0.2) is 0 Å². The number of nitrogens with one attached hydrogen (secondary N) is 1. The summed E-state index contributed by atoms with van der Waals surface area (Å²) < 4.78 is 0.993. The van der Waals surface area contributed by atoms with E-state index < -0.39 is 0 Å². The number of aromatic amines is 1. The third-order valence-corrected chi connectivity index (χ3v) is 5.35. The van der Waals surface area contributed by atoms with E-state index in [-0.39, 0.29) is 6.04 Å². The Morgan fingerprint density at radius 2 is 2.29 bits per heavy atom. The molecule has 2 aliphatic heterocycles. The van der Waals surface area contributed by atoms with Crippen LogP contribution >= 0.6 is 27.5 Å². The average Bonchev–Trinajstić information content (AvgIpc) is 2.98. The molecule has 7 heteroatoms. The number of hydrogen-bond donors (Lipinski definition) is 2. The van der Waals surface area contributed by atoms with Gasteiger partial charge >= 0.3 is 0 Å². The van der Waals surface area contributed by atoms with Crippen molar-refractivity contribution < 1.29 is 0 Å². The van der Waals surface area contributed by atoms with E-state index in [1.165, 1.54) is 0 Å². The molecule has 5 nitrogen and oxygen atoms in total. The first-order valence-electron chi connectivity index (χ1n) is 8.10. The quantitative estimate of drug-likeness (QED) is 0.795. The van der Waals surface area contributed by atoms with Crippen molar-refractivity contribution in [2.24, 2.45) is 5.73 Å². The van der Waals surface area contributed by atoms with Gasteiger partial charge in [-0.3, -0.25) is 0 Å². The molecule has 0 saturated carbocycles. The van der Waals surface area contributed by atoms with Crippen LogP contribution in [-0.4, -0.2) is 35.6 Å². The summed E-state index contributed by atoms with van der Waals surface area (Å²) in [5.74, 6) is 0. The van der Waals surface area contributed by atoms with Gasteiger partial charge in [-0.15, -0.1) is 0 Å². The Labute approximate surface area is 154 Å². The predicted octanol–water partition coefficient (Wildman–Crippen LogP) is 3.71. The first-order chi connectivity index (χ1) is 11.6. The fourth-order valence-corrected chi connectivity index (χ4v) is 4.24. The van der Waals surface area contributed by atoms with Crippen LogP contribution in [0.25, 0.3) is 11.0 Å². The van der Waals surface area contributed by atoms with Gasteiger partial charge in [-0.25, -0.2) is 4.98 Å². The Kier molecular flexibility index (Phi) is 4.28. The van der Waals surface area contributed by atoms with E-state index in [0.717, 1.165) is 64.4 Å². The first kappa shape index (κ1) is 16.0. The maximum Gasteiger partial charge on any atom is 0.141 e. The van der Waals surface area contributed by atoms with E-state index in [1.54, 1.807) is 0 Å². The minimum Gasteiger partial charge on any atom is -0.368 e. The Morgan fingerprint density at radius 1 is 1.42 bits per heavy atom. The zero-order chi connectivity index (χ0) is 16.7. The van der Waals surface area contributed by atoms with Crippen LogP contribution in [0.3, 0.4) is 0 Å². The number of hydrogen-bond acceptors (Lipinski definition) is 4. The van der Waals surface area contributed by atoms with Gasteiger partial charge in [0.05, 0.1) is 26.3 Å². The van der Waals surface area contributed by atoms with Crippen LogP contribution in [-0.2, 0) is 0 Å². The highest BCUT2D eigenvalue weighted by atomic mass is 79.9. The highest BCUT2D eigenvalue weighted by Crippen LogP contribution is 2.40. The van der Waals surface area contributed by atoms with E-state index in [4.69, 9.17) is 17.3 Å². The Bertz CT molecular complexity index is 828. The van der Waals surface area contributed by atoms with Gasteiger partial charge in [0.1, 0.15) is 5.65 Å². The number of piperidine rings is 1. The lowest BCUT2D eigenvalue weighted by atomic mass is 10.1. The van der Waals surface area contributed by atoms with Crippen LogP contribution in [0, 0.1) is 0 Å². The number of anilines is 2. The van der Waals surface area contributed by atoms with Crippen molar-refractivity contribution in [3.8, 4) is 0 Å². The van der Waals surface area contributed by atoms with Gasteiger partial charge in [-0.2, -0.15) is 0 Å². The van der Waals surface area contributed by atoms with Crippen molar-refractivity contribution in [3.63, 3.8) is 0 Å². The largest absolute Gasteiger partial charge is 0.368 e. The molecule has 0 bridgehead atoms. The molecule has 1 fully saturated rings. The molecule has 2 aromatic heterocycles. The van der Waals surface area contributed by atoms with Gasteiger partial charge in [-0.1, -0.05) is 17.7 Å². The molecule has 2 aliphatic rings. The second-order valence-corrected chi connectivity index (χ2v) is 7.56. The van der Waals surface area contributed by atoms with E-state index in [0.29, 0.717) is 0 Å². The molecule has 0 spiro atoms. The summed E-state index contributed by atoms with van der Waals surface area (Å²) in [6.07, 6.45) is 12.0. The van der Waals surface area contributed by atoms with Crippen molar-refractivity contribution in [2.45, 2.75) is 18.9 Å². The van der Waals surface area contributed by atoms with E-state index in [1.807, 2.05) is 24.7 Å². The number of rotatable bonds is 2. The minimum atomic E-state index is 0.212. The second-order valence-electron chi connectivity index (χ2n) is 6.27. The van der Waals surface area contributed by atoms with Crippen LogP contribution in [0.1, 0.15) is 12.8 Å². The molecule has 0 radical (unpaired) electrons. The van der Waals surface area contributed by atoms with E-state index in [2.05, 4.69) is 41.8 Å². The SMILES string of the molecule is N[C@@H]1CCCN(c2c(Br)cnc3[nH]cc(N4C=C(Cl)C=CC4)c23)C1. The summed E-state index contributed by atoms with van der Waals surface area (Å²) in [7, 11) is 0. The molecule has 0 aliphatic carbocycles. The van der Waals surface area contributed by atoms with Crippen molar-refractivity contribution in [1.29, 1.82) is 0 Å². The van der Waals surface area contributed by atoms with E-state index in [9.17, 15) is 0 Å². The number of aromatic nitrogens is 2. The second kappa shape index (κ2) is 6.43. The normalized spacial score (nSPS) is 21.5. The van der Waals surface area contributed by atoms with Crippen molar-refractivity contribution >= 4 is 49.9 Å². The lowest BCUT2D eigenvalue weighted by Crippen LogP contribution is -2.43. The molecule has 126 valence electrons. The van der Waals surface area contributed by atoms with Crippen LogP contribution < -0.4 is 15.5 Å². The van der Waals surface area contributed by atoms with Gasteiger partial charge in [0, 0.05) is 44.3 Å². The third kappa shape index (κ3) is 2.83. The van der Waals surface area contributed by atoms with Crippen molar-refractivity contribution in [3.05, 3.63) is 40.3 Å². The third-order valence-electron chi connectivity index (χ3n) is 4.55. The smallest absolute Gasteiger partial charge is 0.141 e. The molecular weight excluding hydrogens is 390 g/mol. The lowest BCUT2D eigenvalue weighted by Gasteiger charge is -2.34. The fourth-order valence-electron chi connectivity index (χ4n) is 3.48. The molecule has 0 amide bonds. The zero-order valence-corrected chi connectivity index (χ0v) is 15.5. The Morgan fingerprint density at radius 3 is 3.08 bits per heavy atom. The van der Waals surface area contributed by atoms with Gasteiger partial charge in [0.2, 0.25) is 0 Å². The predicted molar refractivity (Wildman–Crippen MR) is 104 cm³/mol. The molecule has 1 atom stereocenters. The summed E-state index contributed by atoms with van der Waals surface area (Å²) in [6, 6.07) is 0.212. The number of allylic oxidation sites excluding steroid dienone is 2. The zero-order valence-electron chi connectivity index (χ0n) is 13.2. The topological polar surface area (TPSA) is 61.2 Å². The Balaban J connectivity index is 1.85. The molecule has 2 aromatic rings. The summed E-state index contributed by atoms with van der Waals surface area (Å²) in [4.78, 5) is 12.3. The molecule has 0 aromatic carbocycles. The monoisotopic (exact) mass is 407 g/mol. The molecule has 3 N–H and O–H groups in total. The van der Waals surface area contributed by atoms with Crippen LogP contribution in [0.4, 0.5) is 11.4 Å². The van der Waals surface area contributed by atoms with Crippen LogP contribution in [0.5, 0.6) is 0 Å². The summed E-state index contributed by atoms with van der Waals surface area (Å²) in [5.41, 5.74) is 9.32. The summed E-state index contributed by atoms with van der Waals surface area (Å²) in [6.45, 7) is 2.65. The van der Waals surface area contributed by atoms with Crippen LogP contribution in [0.15, 0.2) is 40.3 Å². The Hall–Kier alpha value is -1.50. The molecule has 1 saturated heterocycles. The number of fused-ring (bicyclic) bond motifs is 1. The number of nitrogens with zero attached hydrogens (tertiary/aromatic N) is 3. The number of H-pyrrole nitrogens is 1. The molecule has 4 heterocycles. The first-order valence-corrected chi connectivity index (χ1v) is 9.27. The van der Waals surface area contributed by atoms with E-state index >= 15 is 0 Å². The average molecular weight is 409 g/mol. The van der Waals surface area contributed by atoms with Crippen LogP contribution in [0.2, 0.25) is 0 Å². The molecule has 24 heavy (non-hydrogen) atoms. The molecular formula is C17H19BrClN5. The maximum atomic E-state index is 6.20. The molecule has 0 unspecified atom stereocenters. The number of nitrogens with two attached hydrogens (primary N) is 1. The standard InChI is InChI=1S/C17H19BrClN5/c18-13-7-21-17-15(16(13)24-6-2-4-12(20)10-24)14(8-22-17)23-5-1-3-11(19)9-23/h1,3,7-9,12H,2,4-6,10,20H2,(H,21,22)/t12-/m1/s1. The maximum absolute atomic E-state index is 6.20. The number of pyridine rings is 1. The van der Waals surface area contributed by atoms with Gasteiger partial charge in [-0.05, 0) is 34.8 Å². The minimum absolute atomic E-state index is 0.212. The highest BCUT2D eigenvalue weighted by Gasteiger charge is 2.24. The highest BCUT2D eigenvalue weighted by molar-refractivity contribution is 9.10. The van der Waals surface area contributed by atoms with Crippen molar-refractivity contribution in [1.82, 2.24) is 9.97 Å².